The smallest absolute Gasteiger partial charge is 0.135 e. The molecular formula is C17H21N3S. The lowest BCUT2D eigenvalue weighted by Gasteiger charge is -2.09. The standard InChI is InChI=1S/C17H21N3S/c1-2-10-18-15-11-16(20-17(19-15)14-8-9-14)21-12-13-6-4-3-5-7-13/h3-7,11,14H,2,8-10,12H2,1H3,(H,18,19,20). The van der Waals surface area contributed by atoms with Crippen LogP contribution in [0.2, 0.25) is 0 Å². The molecule has 3 nitrogen and oxygen atoms in total. The monoisotopic (exact) mass is 299 g/mol. The highest BCUT2D eigenvalue weighted by atomic mass is 32.2. The lowest BCUT2D eigenvalue weighted by atomic mass is 10.2. The van der Waals surface area contributed by atoms with Crippen LogP contribution in [0.15, 0.2) is 41.4 Å². The maximum absolute atomic E-state index is 4.73. The number of nitrogens with zero attached hydrogens (tertiary/aromatic N) is 2. The number of aromatic nitrogens is 2. The van der Waals surface area contributed by atoms with Crippen LogP contribution in [-0.4, -0.2) is 16.5 Å². The summed E-state index contributed by atoms with van der Waals surface area (Å²) in [6, 6.07) is 12.6. The van der Waals surface area contributed by atoms with Crippen molar-refractivity contribution in [1.29, 1.82) is 0 Å². The minimum atomic E-state index is 0.587. The Labute approximate surface area is 130 Å². The average molecular weight is 299 g/mol. The number of anilines is 1. The fraction of sp³-hybridized carbons (Fsp3) is 0.412. The first-order valence-electron chi connectivity index (χ1n) is 7.64. The van der Waals surface area contributed by atoms with Gasteiger partial charge >= 0.3 is 0 Å². The number of hydrogen-bond donors (Lipinski definition) is 1. The third-order valence-electron chi connectivity index (χ3n) is 3.45. The Bertz CT molecular complexity index is 582. The third kappa shape index (κ3) is 4.21. The molecule has 1 aliphatic carbocycles. The predicted molar refractivity (Wildman–Crippen MR) is 88.8 cm³/mol. The Morgan fingerprint density at radius 1 is 1.19 bits per heavy atom. The fourth-order valence-corrected chi connectivity index (χ4v) is 2.98. The van der Waals surface area contributed by atoms with Gasteiger partial charge in [0.05, 0.1) is 0 Å². The van der Waals surface area contributed by atoms with Crippen LogP contribution >= 0.6 is 11.8 Å². The number of rotatable bonds is 7. The predicted octanol–water partition coefficient (Wildman–Crippen LogP) is 4.47. The zero-order valence-corrected chi connectivity index (χ0v) is 13.2. The molecule has 0 aliphatic heterocycles. The van der Waals surface area contributed by atoms with Gasteiger partial charge in [-0.3, -0.25) is 0 Å². The summed E-state index contributed by atoms with van der Waals surface area (Å²) in [5.74, 6) is 3.54. The molecule has 1 aromatic carbocycles. The normalized spacial score (nSPS) is 14.1. The lowest BCUT2D eigenvalue weighted by molar-refractivity contribution is 0.868. The van der Waals surface area contributed by atoms with E-state index in [1.165, 1.54) is 18.4 Å². The lowest BCUT2D eigenvalue weighted by Crippen LogP contribution is -2.05. The Morgan fingerprint density at radius 2 is 2.00 bits per heavy atom. The van der Waals surface area contributed by atoms with E-state index >= 15 is 0 Å². The summed E-state index contributed by atoms with van der Waals surface area (Å²) < 4.78 is 0. The van der Waals surface area contributed by atoms with Crippen LogP contribution in [-0.2, 0) is 5.75 Å². The molecule has 1 aromatic heterocycles. The first-order valence-corrected chi connectivity index (χ1v) is 8.63. The highest BCUT2D eigenvalue weighted by Gasteiger charge is 2.27. The van der Waals surface area contributed by atoms with Gasteiger partial charge in [-0.15, -0.1) is 11.8 Å². The van der Waals surface area contributed by atoms with E-state index in [4.69, 9.17) is 4.98 Å². The van der Waals surface area contributed by atoms with Crippen molar-refractivity contribution < 1.29 is 0 Å². The first-order chi connectivity index (χ1) is 10.3. The number of thioether (sulfide) groups is 1. The van der Waals surface area contributed by atoms with Crippen LogP contribution in [0.4, 0.5) is 5.82 Å². The van der Waals surface area contributed by atoms with Gasteiger partial charge in [-0.25, -0.2) is 9.97 Å². The minimum Gasteiger partial charge on any atom is -0.370 e. The van der Waals surface area contributed by atoms with Crippen LogP contribution in [0.1, 0.15) is 43.5 Å². The summed E-state index contributed by atoms with van der Waals surface area (Å²) in [6.07, 6.45) is 3.58. The van der Waals surface area contributed by atoms with Crippen molar-refractivity contribution in [2.24, 2.45) is 0 Å². The highest BCUT2D eigenvalue weighted by Crippen LogP contribution is 2.39. The van der Waals surface area contributed by atoms with Crippen LogP contribution in [0.25, 0.3) is 0 Å². The fourth-order valence-electron chi connectivity index (χ4n) is 2.12. The first kappa shape index (κ1) is 14.4. The third-order valence-corrected chi connectivity index (χ3v) is 4.43. The Balaban J connectivity index is 1.72. The van der Waals surface area contributed by atoms with Gasteiger partial charge in [0.15, 0.2) is 0 Å². The van der Waals surface area contributed by atoms with E-state index in [1.54, 1.807) is 11.8 Å². The van der Waals surface area contributed by atoms with Gasteiger partial charge in [-0.05, 0) is 24.8 Å². The molecule has 0 unspecified atom stereocenters. The largest absolute Gasteiger partial charge is 0.370 e. The molecule has 110 valence electrons. The molecule has 1 fully saturated rings. The van der Waals surface area contributed by atoms with E-state index < -0.39 is 0 Å². The Kier molecular flexibility index (Phi) is 4.76. The van der Waals surface area contributed by atoms with Crippen LogP contribution < -0.4 is 5.32 Å². The molecule has 0 spiro atoms. The molecule has 0 radical (unpaired) electrons. The van der Waals surface area contributed by atoms with Crippen LogP contribution in [0, 0.1) is 0 Å². The summed E-state index contributed by atoms with van der Waals surface area (Å²) in [5, 5.41) is 4.47. The zero-order chi connectivity index (χ0) is 14.5. The van der Waals surface area contributed by atoms with Crippen molar-refractivity contribution in [2.45, 2.75) is 42.9 Å². The summed E-state index contributed by atoms with van der Waals surface area (Å²) in [7, 11) is 0. The maximum atomic E-state index is 4.73. The SMILES string of the molecule is CCCNc1cc(SCc2ccccc2)nc(C2CC2)n1. The molecule has 0 bridgehead atoms. The minimum absolute atomic E-state index is 0.587. The van der Waals surface area contributed by atoms with Gasteiger partial charge in [-0.1, -0.05) is 37.3 Å². The van der Waals surface area contributed by atoms with Gasteiger partial charge in [0, 0.05) is 24.3 Å². The van der Waals surface area contributed by atoms with Gasteiger partial charge < -0.3 is 5.32 Å². The van der Waals surface area contributed by atoms with Crippen molar-refractivity contribution in [3.05, 3.63) is 47.8 Å². The van der Waals surface area contributed by atoms with Crippen molar-refractivity contribution >= 4 is 17.6 Å². The van der Waals surface area contributed by atoms with E-state index in [0.29, 0.717) is 5.92 Å². The van der Waals surface area contributed by atoms with E-state index in [9.17, 15) is 0 Å². The molecule has 1 aliphatic rings. The van der Waals surface area contributed by atoms with Gasteiger partial charge in [-0.2, -0.15) is 0 Å². The maximum Gasteiger partial charge on any atom is 0.135 e. The molecule has 3 rings (SSSR count). The second-order valence-electron chi connectivity index (χ2n) is 5.42. The summed E-state index contributed by atoms with van der Waals surface area (Å²) >= 11 is 1.79. The van der Waals surface area contributed by atoms with E-state index in [-0.39, 0.29) is 0 Å². The average Bonchev–Trinajstić information content (AvgIpc) is 3.37. The number of nitrogens with one attached hydrogen (secondary N) is 1. The molecule has 1 heterocycles. The molecular weight excluding hydrogens is 278 g/mol. The van der Waals surface area contributed by atoms with Crippen molar-refractivity contribution in [1.82, 2.24) is 9.97 Å². The van der Waals surface area contributed by atoms with Crippen molar-refractivity contribution in [3.8, 4) is 0 Å². The van der Waals surface area contributed by atoms with E-state index in [0.717, 1.165) is 35.4 Å². The summed E-state index contributed by atoms with van der Waals surface area (Å²) in [6.45, 7) is 3.13. The number of hydrogen-bond acceptors (Lipinski definition) is 4. The second kappa shape index (κ2) is 6.94. The number of benzene rings is 1. The van der Waals surface area contributed by atoms with Gasteiger partial charge in [0.1, 0.15) is 16.7 Å². The van der Waals surface area contributed by atoms with E-state index in [1.807, 2.05) is 0 Å². The second-order valence-corrected chi connectivity index (χ2v) is 6.42. The van der Waals surface area contributed by atoms with Gasteiger partial charge in [0.25, 0.3) is 0 Å². The summed E-state index contributed by atoms with van der Waals surface area (Å²) in [5.41, 5.74) is 1.33. The molecule has 4 heteroatoms. The van der Waals surface area contributed by atoms with E-state index in [2.05, 4.69) is 53.6 Å². The van der Waals surface area contributed by atoms with Crippen LogP contribution in [0.3, 0.4) is 0 Å². The highest BCUT2D eigenvalue weighted by molar-refractivity contribution is 7.98. The molecule has 1 saturated carbocycles. The van der Waals surface area contributed by atoms with Crippen molar-refractivity contribution in [2.75, 3.05) is 11.9 Å². The topological polar surface area (TPSA) is 37.8 Å². The van der Waals surface area contributed by atoms with Gasteiger partial charge in [0.2, 0.25) is 0 Å². The molecule has 1 N–H and O–H groups in total. The quantitative estimate of drug-likeness (QED) is 0.605. The van der Waals surface area contributed by atoms with Crippen LogP contribution in [0.5, 0.6) is 0 Å². The zero-order valence-electron chi connectivity index (χ0n) is 12.4. The molecule has 0 saturated heterocycles. The Hall–Kier alpha value is -1.55. The Morgan fingerprint density at radius 3 is 2.71 bits per heavy atom. The molecule has 0 amide bonds. The molecule has 0 atom stereocenters. The molecule has 2 aromatic rings. The molecule has 21 heavy (non-hydrogen) atoms. The summed E-state index contributed by atoms with van der Waals surface area (Å²) in [4.78, 5) is 9.38. The van der Waals surface area contributed by atoms with Crippen molar-refractivity contribution in [3.63, 3.8) is 0 Å².